The number of aromatic amines is 1. The number of hydrogen-bond donors (Lipinski definition) is 1. The Morgan fingerprint density at radius 1 is 0.778 bits per heavy atom. The molecule has 0 spiro atoms. The van der Waals surface area contributed by atoms with Crippen LogP contribution in [0.2, 0.25) is 0 Å². The molecule has 4 aromatic rings. The number of piperazine rings is 1. The highest BCUT2D eigenvalue weighted by Crippen LogP contribution is 2.34. The molecule has 0 atom stereocenters. The number of anilines is 1. The van der Waals surface area contributed by atoms with Gasteiger partial charge in [0.05, 0.1) is 21.3 Å². The molecule has 1 aliphatic rings. The van der Waals surface area contributed by atoms with E-state index in [-0.39, 0.29) is 0 Å². The van der Waals surface area contributed by atoms with Crippen LogP contribution in [0.5, 0.6) is 0 Å². The lowest BCUT2D eigenvalue weighted by atomic mass is 9.96. The Morgan fingerprint density at radius 3 is 2.00 bits per heavy atom. The van der Waals surface area contributed by atoms with Gasteiger partial charge in [-0.1, -0.05) is 60.7 Å². The van der Waals surface area contributed by atoms with Gasteiger partial charge in [0.15, 0.2) is 0 Å². The predicted molar refractivity (Wildman–Crippen MR) is 115 cm³/mol. The first kappa shape index (κ1) is 16.6. The fraction of sp³-hybridized carbons (Fsp3) is 0.217. The van der Waals surface area contributed by atoms with Crippen LogP contribution in [0.3, 0.4) is 0 Å². The number of thiophene rings is 1. The Balaban J connectivity index is 1.37. The maximum atomic E-state index is 3.32. The molecule has 3 heterocycles. The standard InChI is InChI=1S/C23H23N3S/c1-3-7-18(8-4-1)23(19-9-5-2-6-10-19)26-15-13-25(14-16-26)22-17-20-21(27-22)11-12-24-20/h1-12,17,23-24H,13-16H2. The van der Waals surface area contributed by atoms with Crippen molar-refractivity contribution in [1.29, 1.82) is 0 Å². The lowest BCUT2D eigenvalue weighted by Gasteiger charge is -2.40. The molecule has 0 amide bonds. The quantitative estimate of drug-likeness (QED) is 0.535. The number of H-pyrrole nitrogens is 1. The molecular formula is C23H23N3S. The number of rotatable bonds is 4. The maximum Gasteiger partial charge on any atom is 0.0937 e. The van der Waals surface area contributed by atoms with Crippen molar-refractivity contribution < 1.29 is 0 Å². The van der Waals surface area contributed by atoms with Crippen LogP contribution < -0.4 is 4.90 Å². The van der Waals surface area contributed by atoms with E-state index >= 15 is 0 Å². The zero-order chi connectivity index (χ0) is 18.1. The number of aromatic nitrogens is 1. The molecule has 0 radical (unpaired) electrons. The molecule has 1 aliphatic heterocycles. The monoisotopic (exact) mass is 373 g/mol. The van der Waals surface area contributed by atoms with E-state index in [0.29, 0.717) is 6.04 Å². The normalized spacial score (nSPS) is 15.7. The SMILES string of the molecule is c1ccc(C(c2ccccc2)N2CCN(c3cc4[nH]ccc4s3)CC2)cc1. The third kappa shape index (κ3) is 3.27. The van der Waals surface area contributed by atoms with Crippen LogP contribution in [0.4, 0.5) is 5.00 Å². The summed E-state index contributed by atoms with van der Waals surface area (Å²) in [5, 5.41) is 1.38. The first-order valence-corrected chi connectivity index (χ1v) is 10.4. The molecule has 0 bridgehead atoms. The number of nitrogens with zero attached hydrogens (tertiary/aromatic N) is 2. The summed E-state index contributed by atoms with van der Waals surface area (Å²) >= 11 is 1.89. The van der Waals surface area contributed by atoms with Crippen LogP contribution >= 0.6 is 11.3 Å². The summed E-state index contributed by atoms with van der Waals surface area (Å²) in [5.74, 6) is 0. The Labute approximate surface area is 163 Å². The minimum absolute atomic E-state index is 0.326. The second-order valence-corrected chi connectivity index (χ2v) is 8.15. The average Bonchev–Trinajstić information content (AvgIpc) is 3.33. The fourth-order valence-corrected chi connectivity index (χ4v) is 5.15. The second kappa shape index (κ2) is 7.22. The Bertz CT molecular complexity index is 930. The minimum atomic E-state index is 0.326. The lowest BCUT2D eigenvalue weighted by Crippen LogP contribution is -2.47. The molecule has 1 fully saturated rings. The van der Waals surface area contributed by atoms with Crippen molar-refractivity contribution in [3.8, 4) is 0 Å². The number of fused-ring (bicyclic) bond motifs is 1. The largest absolute Gasteiger partial charge is 0.361 e. The smallest absolute Gasteiger partial charge is 0.0937 e. The fourth-order valence-electron chi connectivity index (χ4n) is 4.08. The molecule has 0 aliphatic carbocycles. The average molecular weight is 374 g/mol. The van der Waals surface area contributed by atoms with Crippen molar-refractivity contribution in [3.63, 3.8) is 0 Å². The predicted octanol–water partition coefficient (Wildman–Crippen LogP) is 5.14. The van der Waals surface area contributed by atoms with Gasteiger partial charge in [-0.3, -0.25) is 4.90 Å². The van der Waals surface area contributed by atoms with Crippen LogP contribution in [0.25, 0.3) is 10.2 Å². The van der Waals surface area contributed by atoms with E-state index in [1.165, 1.54) is 26.3 Å². The highest BCUT2D eigenvalue weighted by molar-refractivity contribution is 7.22. The number of benzene rings is 2. The molecular weight excluding hydrogens is 350 g/mol. The van der Waals surface area contributed by atoms with E-state index in [4.69, 9.17) is 0 Å². The number of nitrogens with one attached hydrogen (secondary N) is 1. The molecule has 3 nitrogen and oxygen atoms in total. The second-order valence-electron chi connectivity index (χ2n) is 7.09. The van der Waals surface area contributed by atoms with Gasteiger partial charge in [0.2, 0.25) is 0 Å². The van der Waals surface area contributed by atoms with Gasteiger partial charge in [0.25, 0.3) is 0 Å². The van der Waals surface area contributed by atoms with Gasteiger partial charge in [-0.2, -0.15) is 0 Å². The van der Waals surface area contributed by atoms with Crippen molar-refractivity contribution in [3.05, 3.63) is 90.1 Å². The first-order valence-electron chi connectivity index (χ1n) is 9.54. The van der Waals surface area contributed by atoms with Gasteiger partial charge >= 0.3 is 0 Å². The molecule has 27 heavy (non-hydrogen) atoms. The third-order valence-electron chi connectivity index (χ3n) is 5.44. The van der Waals surface area contributed by atoms with Crippen molar-refractivity contribution in [2.45, 2.75) is 6.04 Å². The summed E-state index contributed by atoms with van der Waals surface area (Å²) in [6.07, 6.45) is 2.02. The van der Waals surface area contributed by atoms with E-state index in [1.54, 1.807) is 0 Å². The van der Waals surface area contributed by atoms with Crippen molar-refractivity contribution >= 4 is 26.6 Å². The molecule has 136 valence electrons. The summed E-state index contributed by atoms with van der Waals surface area (Å²) in [4.78, 5) is 8.48. The highest BCUT2D eigenvalue weighted by atomic mass is 32.1. The van der Waals surface area contributed by atoms with Gasteiger partial charge in [-0.25, -0.2) is 0 Å². The third-order valence-corrected chi connectivity index (χ3v) is 6.60. The first-order chi connectivity index (χ1) is 13.4. The molecule has 2 aromatic carbocycles. The van der Waals surface area contributed by atoms with Gasteiger partial charge in [0, 0.05) is 32.4 Å². The molecule has 0 saturated carbocycles. The zero-order valence-electron chi connectivity index (χ0n) is 15.2. The summed E-state index contributed by atoms with van der Waals surface area (Å²) in [6.45, 7) is 4.28. The van der Waals surface area contributed by atoms with E-state index in [1.807, 2.05) is 17.5 Å². The summed E-state index contributed by atoms with van der Waals surface area (Å²) in [7, 11) is 0. The molecule has 5 rings (SSSR count). The van der Waals surface area contributed by atoms with E-state index < -0.39 is 0 Å². The molecule has 1 saturated heterocycles. The van der Waals surface area contributed by atoms with Crippen LogP contribution in [0.1, 0.15) is 17.2 Å². The van der Waals surface area contributed by atoms with Crippen molar-refractivity contribution in [2.24, 2.45) is 0 Å². The van der Waals surface area contributed by atoms with E-state index in [2.05, 4.69) is 87.6 Å². The molecule has 0 unspecified atom stereocenters. The Morgan fingerprint density at radius 2 is 1.41 bits per heavy atom. The summed E-state index contributed by atoms with van der Waals surface area (Å²) in [6, 6.07) is 26.6. The highest BCUT2D eigenvalue weighted by Gasteiger charge is 2.27. The lowest BCUT2D eigenvalue weighted by molar-refractivity contribution is 0.212. The number of hydrogen-bond acceptors (Lipinski definition) is 3. The summed E-state index contributed by atoms with van der Waals surface area (Å²) in [5.41, 5.74) is 4.01. The molecule has 4 heteroatoms. The maximum absolute atomic E-state index is 3.32. The van der Waals surface area contributed by atoms with Gasteiger partial charge < -0.3 is 9.88 Å². The van der Waals surface area contributed by atoms with Crippen LogP contribution in [-0.2, 0) is 0 Å². The van der Waals surface area contributed by atoms with Crippen molar-refractivity contribution in [1.82, 2.24) is 9.88 Å². The topological polar surface area (TPSA) is 22.3 Å². The van der Waals surface area contributed by atoms with Gasteiger partial charge in [-0.15, -0.1) is 11.3 Å². The van der Waals surface area contributed by atoms with Crippen molar-refractivity contribution in [2.75, 3.05) is 31.1 Å². The minimum Gasteiger partial charge on any atom is -0.361 e. The van der Waals surface area contributed by atoms with Crippen LogP contribution in [0.15, 0.2) is 79.0 Å². The van der Waals surface area contributed by atoms with E-state index in [0.717, 1.165) is 26.2 Å². The summed E-state index contributed by atoms with van der Waals surface area (Å²) < 4.78 is 1.35. The van der Waals surface area contributed by atoms with Crippen LogP contribution in [0, 0.1) is 0 Å². The molecule has 2 aromatic heterocycles. The van der Waals surface area contributed by atoms with Crippen LogP contribution in [-0.4, -0.2) is 36.1 Å². The van der Waals surface area contributed by atoms with Gasteiger partial charge in [-0.05, 0) is 23.3 Å². The van der Waals surface area contributed by atoms with E-state index in [9.17, 15) is 0 Å². The molecule has 1 N–H and O–H groups in total. The Kier molecular flexibility index (Phi) is 4.44. The van der Waals surface area contributed by atoms with Gasteiger partial charge in [0.1, 0.15) is 0 Å². The Hall–Kier alpha value is -2.56. The zero-order valence-corrected chi connectivity index (χ0v) is 16.0.